The lowest BCUT2D eigenvalue weighted by Gasteiger charge is -2.35. The summed E-state index contributed by atoms with van der Waals surface area (Å²) in [7, 11) is 0. The molecule has 4 rings (SSSR count). The normalized spacial score (nSPS) is 14.1. The number of pyridine rings is 1. The number of halogens is 1. The van der Waals surface area contributed by atoms with Gasteiger partial charge in [0.15, 0.2) is 0 Å². The molecule has 2 heterocycles. The van der Waals surface area contributed by atoms with Crippen molar-refractivity contribution in [3.8, 4) is 0 Å². The third kappa shape index (κ3) is 6.12. The van der Waals surface area contributed by atoms with Gasteiger partial charge in [-0.25, -0.2) is 9.78 Å². The Morgan fingerprint density at radius 2 is 1.88 bits per heavy atom. The zero-order chi connectivity index (χ0) is 23.9. The van der Waals surface area contributed by atoms with Gasteiger partial charge in [0, 0.05) is 43.1 Å². The van der Waals surface area contributed by atoms with Crippen LogP contribution in [-0.2, 0) is 13.0 Å². The summed E-state index contributed by atoms with van der Waals surface area (Å²) in [5.74, 6) is 0.0757. The number of nitrogens with one attached hydrogen (secondary N) is 3. The Balaban J connectivity index is 1.30. The Morgan fingerprint density at radius 3 is 2.65 bits per heavy atom. The molecule has 1 aromatic heterocycles. The molecule has 0 spiro atoms. The van der Waals surface area contributed by atoms with Crippen molar-refractivity contribution in [1.29, 1.82) is 0 Å². The zero-order valence-corrected chi connectivity index (χ0v) is 19.8. The number of benzene rings is 2. The third-order valence-electron chi connectivity index (χ3n) is 6.00. The second kappa shape index (κ2) is 11.1. The van der Waals surface area contributed by atoms with Gasteiger partial charge >= 0.3 is 6.03 Å². The van der Waals surface area contributed by atoms with E-state index in [9.17, 15) is 9.59 Å². The first kappa shape index (κ1) is 23.7. The molecule has 1 unspecified atom stereocenters. The molecule has 2 aromatic carbocycles. The monoisotopic (exact) mass is 477 g/mol. The summed E-state index contributed by atoms with van der Waals surface area (Å²) >= 11 is 5.83. The van der Waals surface area contributed by atoms with E-state index in [0.29, 0.717) is 28.6 Å². The van der Waals surface area contributed by atoms with Gasteiger partial charge in [-0.3, -0.25) is 9.69 Å². The van der Waals surface area contributed by atoms with E-state index in [1.807, 2.05) is 0 Å². The molecule has 176 valence electrons. The molecule has 3 amide bonds. The van der Waals surface area contributed by atoms with Gasteiger partial charge in [-0.15, -0.1) is 0 Å². The summed E-state index contributed by atoms with van der Waals surface area (Å²) < 4.78 is 0. The second-order valence-corrected chi connectivity index (χ2v) is 8.72. The maximum Gasteiger partial charge on any atom is 0.319 e. The number of hydrogen-bond acceptors (Lipinski definition) is 4. The van der Waals surface area contributed by atoms with Crippen molar-refractivity contribution in [2.75, 3.05) is 23.7 Å². The molecule has 34 heavy (non-hydrogen) atoms. The molecule has 0 fully saturated rings. The van der Waals surface area contributed by atoms with Crippen molar-refractivity contribution in [2.45, 2.75) is 32.4 Å². The molecule has 0 saturated heterocycles. The highest BCUT2D eigenvalue weighted by molar-refractivity contribution is 6.30. The maximum absolute atomic E-state index is 12.6. The number of amides is 3. The van der Waals surface area contributed by atoms with E-state index < -0.39 is 0 Å². The minimum absolute atomic E-state index is 0.253. The van der Waals surface area contributed by atoms with Crippen LogP contribution in [0.2, 0.25) is 5.02 Å². The first-order valence-electron chi connectivity index (χ1n) is 11.4. The Kier molecular flexibility index (Phi) is 7.77. The first-order valence-corrected chi connectivity index (χ1v) is 11.8. The largest absolute Gasteiger partial charge is 0.336 e. The van der Waals surface area contributed by atoms with Crippen LogP contribution in [-0.4, -0.2) is 41.0 Å². The third-order valence-corrected chi connectivity index (χ3v) is 6.22. The summed E-state index contributed by atoms with van der Waals surface area (Å²) in [6.45, 7) is 4.57. The van der Waals surface area contributed by atoms with Crippen molar-refractivity contribution in [1.82, 2.24) is 15.2 Å². The molecular weight excluding hydrogens is 450 g/mol. The van der Waals surface area contributed by atoms with Gasteiger partial charge in [0.1, 0.15) is 5.82 Å². The van der Waals surface area contributed by atoms with Gasteiger partial charge in [-0.1, -0.05) is 48.9 Å². The summed E-state index contributed by atoms with van der Waals surface area (Å²) in [6.07, 6.45) is 3.43. The highest BCUT2D eigenvalue weighted by atomic mass is 35.5. The van der Waals surface area contributed by atoms with Crippen molar-refractivity contribution in [3.63, 3.8) is 0 Å². The standard InChI is InChI=1S/C26H28ClN5O2/c1-2-23(32-13-12-18-6-3-4-7-20(18)17-32)16-29-26(34)30-22-9-5-8-19(14-22)25(33)31-24-11-10-21(27)15-28-24/h3-11,14-15,23H,2,12-13,16-17H2,1H3,(H,28,31,33)(H2,29,30,34). The SMILES string of the molecule is CCC(CNC(=O)Nc1cccc(C(=O)Nc2ccc(Cl)cn2)c1)N1CCc2ccccc2C1. The number of aromatic nitrogens is 1. The van der Waals surface area contributed by atoms with E-state index in [1.165, 1.54) is 17.3 Å². The number of rotatable bonds is 7. The molecule has 3 N–H and O–H groups in total. The molecular formula is C26H28ClN5O2. The van der Waals surface area contributed by atoms with Crippen molar-refractivity contribution in [3.05, 3.63) is 88.6 Å². The van der Waals surface area contributed by atoms with E-state index >= 15 is 0 Å². The molecule has 1 aliphatic rings. The van der Waals surface area contributed by atoms with Gasteiger partial charge in [-0.05, 0) is 54.3 Å². The van der Waals surface area contributed by atoms with Crippen LogP contribution in [0.4, 0.5) is 16.3 Å². The van der Waals surface area contributed by atoms with Crippen LogP contribution in [0.5, 0.6) is 0 Å². The van der Waals surface area contributed by atoms with Crippen molar-refractivity contribution in [2.24, 2.45) is 0 Å². The molecule has 1 aliphatic heterocycles. The van der Waals surface area contributed by atoms with Crippen molar-refractivity contribution >= 4 is 35.0 Å². The smallest absolute Gasteiger partial charge is 0.319 e. The number of carbonyl (C=O) groups excluding carboxylic acids is 2. The van der Waals surface area contributed by atoms with E-state index in [4.69, 9.17) is 11.6 Å². The van der Waals surface area contributed by atoms with Gasteiger partial charge in [0.2, 0.25) is 0 Å². The Labute approximate surface area is 204 Å². The van der Waals surface area contributed by atoms with E-state index in [0.717, 1.165) is 25.9 Å². The molecule has 0 saturated carbocycles. The van der Waals surface area contributed by atoms with E-state index in [1.54, 1.807) is 36.4 Å². The summed E-state index contributed by atoms with van der Waals surface area (Å²) in [4.78, 5) is 31.6. The Morgan fingerprint density at radius 1 is 1.06 bits per heavy atom. The molecule has 3 aromatic rings. The molecule has 8 heteroatoms. The van der Waals surface area contributed by atoms with E-state index in [-0.39, 0.29) is 18.0 Å². The Hall–Kier alpha value is -3.42. The van der Waals surface area contributed by atoms with Gasteiger partial charge < -0.3 is 16.0 Å². The van der Waals surface area contributed by atoms with Crippen LogP contribution < -0.4 is 16.0 Å². The van der Waals surface area contributed by atoms with Crippen molar-refractivity contribution < 1.29 is 9.59 Å². The highest BCUT2D eigenvalue weighted by Crippen LogP contribution is 2.21. The van der Waals surface area contributed by atoms with Gasteiger partial charge in [0.05, 0.1) is 5.02 Å². The summed E-state index contributed by atoms with van der Waals surface area (Å²) in [5.41, 5.74) is 3.72. The second-order valence-electron chi connectivity index (χ2n) is 8.28. The minimum atomic E-state index is -0.324. The Bertz CT molecular complexity index is 1150. The van der Waals surface area contributed by atoms with Crippen LogP contribution in [0.1, 0.15) is 34.8 Å². The van der Waals surface area contributed by atoms with E-state index in [2.05, 4.69) is 57.0 Å². The molecule has 7 nitrogen and oxygen atoms in total. The fraction of sp³-hybridized carbons (Fsp3) is 0.269. The molecule has 0 radical (unpaired) electrons. The summed E-state index contributed by atoms with van der Waals surface area (Å²) in [6, 6.07) is 18.5. The first-order chi connectivity index (χ1) is 16.5. The maximum atomic E-state index is 12.6. The van der Waals surface area contributed by atoms with Crippen LogP contribution in [0.15, 0.2) is 66.9 Å². The van der Waals surface area contributed by atoms with Crippen LogP contribution >= 0.6 is 11.6 Å². The number of carbonyl (C=O) groups is 2. The van der Waals surface area contributed by atoms with Crippen LogP contribution in [0, 0.1) is 0 Å². The fourth-order valence-corrected chi connectivity index (χ4v) is 4.23. The average molecular weight is 478 g/mol. The number of nitrogens with zero attached hydrogens (tertiary/aromatic N) is 2. The van der Waals surface area contributed by atoms with Gasteiger partial charge in [0.25, 0.3) is 5.91 Å². The lowest BCUT2D eigenvalue weighted by atomic mass is 9.98. The number of fused-ring (bicyclic) bond motifs is 1. The molecule has 0 bridgehead atoms. The molecule has 1 atom stereocenters. The predicted molar refractivity (Wildman–Crippen MR) is 135 cm³/mol. The highest BCUT2D eigenvalue weighted by Gasteiger charge is 2.22. The minimum Gasteiger partial charge on any atom is -0.336 e. The van der Waals surface area contributed by atoms with Gasteiger partial charge in [-0.2, -0.15) is 0 Å². The number of hydrogen-bond donors (Lipinski definition) is 3. The van der Waals surface area contributed by atoms with Crippen LogP contribution in [0.25, 0.3) is 0 Å². The number of urea groups is 1. The lowest BCUT2D eigenvalue weighted by Crippen LogP contribution is -2.46. The summed E-state index contributed by atoms with van der Waals surface area (Å²) in [5, 5.41) is 9.01. The topological polar surface area (TPSA) is 86.4 Å². The number of anilines is 2. The fourth-order valence-electron chi connectivity index (χ4n) is 4.12. The quantitative estimate of drug-likeness (QED) is 0.449. The lowest BCUT2D eigenvalue weighted by molar-refractivity contribution is 0.102. The predicted octanol–water partition coefficient (Wildman–Crippen LogP) is 4.95. The molecule has 0 aliphatic carbocycles. The van der Waals surface area contributed by atoms with Crippen LogP contribution in [0.3, 0.4) is 0 Å². The average Bonchev–Trinajstić information content (AvgIpc) is 2.86. The zero-order valence-electron chi connectivity index (χ0n) is 19.1.